The van der Waals surface area contributed by atoms with Crippen LogP contribution in [0.5, 0.6) is 17.2 Å². The summed E-state index contributed by atoms with van der Waals surface area (Å²) in [4.78, 5) is 28.9. The quantitative estimate of drug-likeness (QED) is 0.734. The highest BCUT2D eigenvalue weighted by molar-refractivity contribution is 6.03. The Morgan fingerprint density at radius 3 is 2.31 bits per heavy atom. The molecule has 1 aliphatic heterocycles. The molecule has 4 rings (SSSR count). The Bertz CT molecular complexity index is 970. The Balaban J connectivity index is 1.63. The smallest absolute Gasteiger partial charge is 0.258 e. The molecule has 1 saturated carbocycles. The molecule has 2 amide bonds. The number of likely N-dealkylation sites (tertiary alicyclic amines) is 1. The standard InChI is InChI=1S/C25H30N2O5/c1-30-18-13-17(14-19(15-18)31-2)26-24(28)22-12-16-8-4-6-10-21(16)27(22)25(29)20-9-5-7-11-23(20)32-3/h5,7,9,11,13-16,21-22H,4,6,8,10,12H2,1-3H3,(H,26,28). The number of nitrogens with zero attached hydrogens (tertiary/aromatic N) is 1. The molecule has 3 unspecified atom stereocenters. The van der Waals surface area contributed by atoms with E-state index < -0.39 is 6.04 Å². The highest BCUT2D eigenvalue weighted by Gasteiger charge is 2.48. The van der Waals surface area contributed by atoms with Crippen LogP contribution in [0.1, 0.15) is 42.5 Å². The maximum absolute atomic E-state index is 13.7. The number of para-hydroxylation sites is 1. The fourth-order valence-corrected chi connectivity index (χ4v) is 5.05. The molecule has 1 saturated heterocycles. The minimum absolute atomic E-state index is 0.0664. The minimum atomic E-state index is -0.544. The van der Waals surface area contributed by atoms with Crippen molar-refractivity contribution in [1.29, 1.82) is 0 Å². The number of hydrogen-bond acceptors (Lipinski definition) is 5. The van der Waals surface area contributed by atoms with Crippen LogP contribution in [0.3, 0.4) is 0 Å². The highest BCUT2D eigenvalue weighted by Crippen LogP contribution is 2.41. The first-order valence-electron chi connectivity index (χ1n) is 11.0. The van der Waals surface area contributed by atoms with Gasteiger partial charge < -0.3 is 24.4 Å². The van der Waals surface area contributed by atoms with Gasteiger partial charge in [-0.3, -0.25) is 9.59 Å². The number of carbonyl (C=O) groups is 2. The van der Waals surface area contributed by atoms with Crippen molar-refractivity contribution in [3.8, 4) is 17.2 Å². The van der Waals surface area contributed by atoms with Crippen molar-refractivity contribution in [2.45, 2.75) is 44.2 Å². The van der Waals surface area contributed by atoms with E-state index in [1.165, 1.54) is 0 Å². The molecule has 1 heterocycles. The molecule has 2 aromatic rings. The normalized spacial score (nSPS) is 22.1. The van der Waals surface area contributed by atoms with Crippen molar-refractivity contribution in [3.63, 3.8) is 0 Å². The van der Waals surface area contributed by atoms with E-state index in [9.17, 15) is 9.59 Å². The van der Waals surface area contributed by atoms with Gasteiger partial charge >= 0.3 is 0 Å². The van der Waals surface area contributed by atoms with Crippen molar-refractivity contribution >= 4 is 17.5 Å². The molecule has 3 atom stereocenters. The molecular weight excluding hydrogens is 408 g/mol. The number of amides is 2. The molecule has 7 heteroatoms. The Morgan fingerprint density at radius 2 is 1.62 bits per heavy atom. The molecule has 0 spiro atoms. The summed E-state index contributed by atoms with van der Waals surface area (Å²) >= 11 is 0. The molecule has 1 N–H and O–H groups in total. The molecule has 2 fully saturated rings. The number of carbonyl (C=O) groups excluding carboxylic acids is 2. The fourth-order valence-electron chi connectivity index (χ4n) is 5.05. The van der Waals surface area contributed by atoms with E-state index in [4.69, 9.17) is 14.2 Å². The zero-order valence-corrected chi connectivity index (χ0v) is 18.8. The van der Waals surface area contributed by atoms with Gasteiger partial charge in [0.25, 0.3) is 5.91 Å². The second-order valence-electron chi connectivity index (χ2n) is 8.37. The topological polar surface area (TPSA) is 77.1 Å². The lowest BCUT2D eigenvalue weighted by atomic mass is 9.84. The number of benzene rings is 2. The van der Waals surface area contributed by atoms with Gasteiger partial charge in [-0.05, 0) is 37.3 Å². The molecule has 170 valence electrons. The van der Waals surface area contributed by atoms with E-state index in [-0.39, 0.29) is 17.9 Å². The summed E-state index contributed by atoms with van der Waals surface area (Å²) in [6.07, 6.45) is 4.83. The third kappa shape index (κ3) is 4.24. The Morgan fingerprint density at radius 1 is 0.938 bits per heavy atom. The Kier molecular flexibility index (Phi) is 6.53. The molecular formula is C25H30N2O5. The molecule has 0 radical (unpaired) electrons. The number of ether oxygens (including phenoxy) is 3. The summed E-state index contributed by atoms with van der Waals surface area (Å²) in [6, 6.07) is 12.0. The summed E-state index contributed by atoms with van der Waals surface area (Å²) in [5.41, 5.74) is 1.06. The van der Waals surface area contributed by atoms with Crippen molar-refractivity contribution < 1.29 is 23.8 Å². The second-order valence-corrected chi connectivity index (χ2v) is 8.37. The molecule has 32 heavy (non-hydrogen) atoms. The van der Waals surface area contributed by atoms with Crippen LogP contribution < -0.4 is 19.5 Å². The number of nitrogens with one attached hydrogen (secondary N) is 1. The molecule has 0 aromatic heterocycles. The number of fused-ring (bicyclic) bond motifs is 1. The average Bonchev–Trinajstić information content (AvgIpc) is 3.23. The lowest BCUT2D eigenvalue weighted by Crippen LogP contribution is -2.48. The van der Waals surface area contributed by atoms with Gasteiger partial charge in [0.15, 0.2) is 0 Å². The van der Waals surface area contributed by atoms with Crippen LogP contribution in [0.4, 0.5) is 5.69 Å². The van der Waals surface area contributed by atoms with Crippen molar-refractivity contribution in [3.05, 3.63) is 48.0 Å². The van der Waals surface area contributed by atoms with E-state index in [2.05, 4.69) is 5.32 Å². The van der Waals surface area contributed by atoms with E-state index in [1.807, 2.05) is 12.1 Å². The monoisotopic (exact) mass is 438 g/mol. The Hall–Kier alpha value is -3.22. The lowest BCUT2D eigenvalue weighted by Gasteiger charge is -2.34. The number of rotatable bonds is 6. The fraction of sp³-hybridized carbons (Fsp3) is 0.440. The lowest BCUT2D eigenvalue weighted by molar-refractivity contribution is -0.120. The number of anilines is 1. The first kappa shape index (κ1) is 22.0. The third-order valence-electron chi connectivity index (χ3n) is 6.58. The summed E-state index contributed by atoms with van der Waals surface area (Å²) in [5.74, 6) is 1.67. The minimum Gasteiger partial charge on any atom is -0.497 e. The maximum Gasteiger partial charge on any atom is 0.258 e. The number of methoxy groups -OCH3 is 3. The van der Waals surface area contributed by atoms with E-state index >= 15 is 0 Å². The summed E-state index contributed by atoms with van der Waals surface area (Å²) in [6.45, 7) is 0. The largest absolute Gasteiger partial charge is 0.497 e. The van der Waals surface area contributed by atoms with Crippen molar-refractivity contribution in [2.75, 3.05) is 26.6 Å². The van der Waals surface area contributed by atoms with Gasteiger partial charge in [-0.2, -0.15) is 0 Å². The van der Waals surface area contributed by atoms with Crippen LogP contribution in [0.15, 0.2) is 42.5 Å². The third-order valence-corrected chi connectivity index (χ3v) is 6.58. The first-order valence-corrected chi connectivity index (χ1v) is 11.0. The molecule has 7 nitrogen and oxygen atoms in total. The van der Waals surface area contributed by atoms with Crippen LogP contribution in [-0.2, 0) is 4.79 Å². The van der Waals surface area contributed by atoms with E-state index in [0.29, 0.717) is 40.8 Å². The zero-order valence-electron chi connectivity index (χ0n) is 18.8. The SMILES string of the molecule is COc1cc(NC(=O)C2CC3CCCCC3N2C(=O)c2ccccc2OC)cc(OC)c1. The first-order chi connectivity index (χ1) is 15.5. The summed E-state index contributed by atoms with van der Waals surface area (Å²) in [7, 11) is 4.69. The molecule has 1 aliphatic carbocycles. The van der Waals surface area contributed by atoms with Gasteiger partial charge in [-0.1, -0.05) is 25.0 Å². The molecule has 2 aromatic carbocycles. The van der Waals surface area contributed by atoms with Crippen molar-refractivity contribution in [2.24, 2.45) is 5.92 Å². The van der Waals surface area contributed by atoms with Crippen molar-refractivity contribution in [1.82, 2.24) is 4.90 Å². The van der Waals surface area contributed by atoms with Gasteiger partial charge in [0, 0.05) is 29.9 Å². The summed E-state index contributed by atoms with van der Waals surface area (Å²) < 4.78 is 16.1. The van der Waals surface area contributed by atoms with Gasteiger partial charge in [0.05, 0.1) is 26.9 Å². The van der Waals surface area contributed by atoms with Crippen LogP contribution in [-0.4, -0.2) is 50.1 Å². The number of hydrogen-bond donors (Lipinski definition) is 1. The Labute approximate surface area is 188 Å². The van der Waals surface area contributed by atoms with Gasteiger partial charge in [0.1, 0.15) is 23.3 Å². The predicted octanol–water partition coefficient (Wildman–Crippen LogP) is 4.12. The van der Waals surface area contributed by atoms with Crippen LogP contribution >= 0.6 is 0 Å². The molecule has 2 aliphatic rings. The summed E-state index contributed by atoms with van der Waals surface area (Å²) in [5, 5.41) is 2.98. The highest BCUT2D eigenvalue weighted by atomic mass is 16.5. The maximum atomic E-state index is 13.7. The van der Waals surface area contributed by atoms with E-state index in [0.717, 1.165) is 25.7 Å². The molecule has 0 bridgehead atoms. The van der Waals surface area contributed by atoms with Gasteiger partial charge in [0.2, 0.25) is 5.91 Å². The van der Waals surface area contributed by atoms with E-state index in [1.54, 1.807) is 56.6 Å². The predicted molar refractivity (Wildman–Crippen MR) is 121 cm³/mol. The van der Waals surface area contributed by atoms with Crippen LogP contribution in [0, 0.1) is 5.92 Å². The van der Waals surface area contributed by atoms with Gasteiger partial charge in [-0.15, -0.1) is 0 Å². The van der Waals surface area contributed by atoms with Crippen LogP contribution in [0.25, 0.3) is 0 Å². The van der Waals surface area contributed by atoms with Crippen LogP contribution in [0.2, 0.25) is 0 Å². The zero-order chi connectivity index (χ0) is 22.7. The second kappa shape index (κ2) is 9.51. The van der Waals surface area contributed by atoms with Gasteiger partial charge in [-0.25, -0.2) is 0 Å². The average molecular weight is 439 g/mol.